The minimum Gasteiger partial charge on any atom is -0.481 e. The van der Waals surface area contributed by atoms with Crippen molar-refractivity contribution in [2.75, 3.05) is 5.75 Å². The molecule has 1 unspecified atom stereocenters. The molecule has 0 aliphatic heterocycles. The van der Waals surface area contributed by atoms with Gasteiger partial charge in [-0.15, -0.1) is 0 Å². The van der Waals surface area contributed by atoms with Crippen LogP contribution in [0.25, 0.3) is 0 Å². The standard InChI is InChI=1S/C21H42O2S/c1-3-5-6-7-8-9-10-11-12-13-14-15-16-17-20(4-2)24-19-18-21(22)23/h20H,3-19H2,1-2H3,(H,22,23). The second kappa shape index (κ2) is 19.1. The number of rotatable bonds is 19. The van der Waals surface area contributed by atoms with E-state index >= 15 is 0 Å². The third kappa shape index (κ3) is 18.2. The highest BCUT2D eigenvalue weighted by Crippen LogP contribution is 2.22. The van der Waals surface area contributed by atoms with Crippen LogP contribution in [0.3, 0.4) is 0 Å². The molecule has 1 N–H and O–H groups in total. The minimum atomic E-state index is -0.668. The van der Waals surface area contributed by atoms with E-state index in [4.69, 9.17) is 5.11 Å². The van der Waals surface area contributed by atoms with Crippen LogP contribution in [0.4, 0.5) is 0 Å². The van der Waals surface area contributed by atoms with Gasteiger partial charge in [-0.2, -0.15) is 11.8 Å². The molecule has 0 amide bonds. The van der Waals surface area contributed by atoms with E-state index in [1.807, 2.05) is 11.8 Å². The van der Waals surface area contributed by atoms with Crippen molar-refractivity contribution in [3.05, 3.63) is 0 Å². The van der Waals surface area contributed by atoms with E-state index in [-0.39, 0.29) is 0 Å². The normalized spacial score (nSPS) is 12.4. The van der Waals surface area contributed by atoms with Crippen LogP contribution in [0.2, 0.25) is 0 Å². The smallest absolute Gasteiger partial charge is 0.304 e. The first kappa shape index (κ1) is 23.8. The summed E-state index contributed by atoms with van der Waals surface area (Å²) in [6.07, 6.45) is 21.0. The zero-order valence-corrected chi connectivity index (χ0v) is 17.2. The largest absolute Gasteiger partial charge is 0.481 e. The van der Waals surface area contributed by atoms with Gasteiger partial charge in [0.15, 0.2) is 0 Å². The number of aliphatic carboxylic acids is 1. The van der Waals surface area contributed by atoms with Crippen LogP contribution < -0.4 is 0 Å². The van der Waals surface area contributed by atoms with Crippen molar-refractivity contribution in [2.24, 2.45) is 0 Å². The molecule has 0 aromatic rings. The lowest BCUT2D eigenvalue weighted by atomic mass is 10.0. The summed E-state index contributed by atoms with van der Waals surface area (Å²) >= 11 is 1.85. The molecule has 0 aromatic heterocycles. The molecule has 0 saturated heterocycles. The molecule has 0 spiro atoms. The molecule has 0 fully saturated rings. The third-order valence-corrected chi connectivity index (χ3v) is 6.23. The molecule has 0 aliphatic rings. The van der Waals surface area contributed by atoms with Crippen molar-refractivity contribution in [3.63, 3.8) is 0 Å². The fourth-order valence-corrected chi connectivity index (χ4v) is 4.30. The van der Waals surface area contributed by atoms with E-state index < -0.39 is 5.97 Å². The number of hydrogen-bond acceptors (Lipinski definition) is 2. The van der Waals surface area contributed by atoms with Crippen molar-refractivity contribution in [1.29, 1.82) is 0 Å². The van der Waals surface area contributed by atoms with Gasteiger partial charge >= 0.3 is 5.97 Å². The van der Waals surface area contributed by atoms with Crippen molar-refractivity contribution in [1.82, 2.24) is 0 Å². The predicted octanol–water partition coefficient (Wildman–Crippen LogP) is 7.45. The van der Waals surface area contributed by atoms with Crippen molar-refractivity contribution in [3.8, 4) is 0 Å². The summed E-state index contributed by atoms with van der Waals surface area (Å²) < 4.78 is 0. The second-order valence-corrected chi connectivity index (χ2v) is 8.48. The predicted molar refractivity (Wildman–Crippen MR) is 109 cm³/mol. The Morgan fingerprint density at radius 1 is 0.792 bits per heavy atom. The van der Waals surface area contributed by atoms with Gasteiger partial charge in [0.05, 0.1) is 6.42 Å². The van der Waals surface area contributed by atoms with Gasteiger partial charge in [0.25, 0.3) is 0 Å². The Hall–Kier alpha value is -0.180. The van der Waals surface area contributed by atoms with Crippen LogP contribution in [0, 0.1) is 0 Å². The Bertz CT molecular complexity index is 269. The number of carbonyl (C=O) groups is 1. The van der Waals surface area contributed by atoms with Crippen molar-refractivity contribution in [2.45, 2.75) is 122 Å². The number of hydrogen-bond donors (Lipinski definition) is 1. The van der Waals surface area contributed by atoms with Crippen LogP contribution in [0.15, 0.2) is 0 Å². The van der Waals surface area contributed by atoms with E-state index in [2.05, 4.69) is 13.8 Å². The SMILES string of the molecule is CCCCCCCCCCCCCCCC(CC)SCCC(=O)O. The molecule has 0 radical (unpaired) electrons. The molecular formula is C21H42O2S. The second-order valence-electron chi connectivity index (χ2n) is 7.08. The summed E-state index contributed by atoms with van der Waals surface area (Å²) in [5.41, 5.74) is 0. The van der Waals surface area contributed by atoms with Crippen molar-refractivity contribution < 1.29 is 9.90 Å². The van der Waals surface area contributed by atoms with Gasteiger partial charge in [-0.05, 0) is 12.8 Å². The first-order valence-corrected chi connectivity index (χ1v) is 11.6. The summed E-state index contributed by atoms with van der Waals surface area (Å²) in [5, 5.41) is 9.35. The molecule has 0 aromatic carbocycles. The third-order valence-electron chi connectivity index (χ3n) is 4.75. The first-order valence-electron chi connectivity index (χ1n) is 10.5. The monoisotopic (exact) mass is 358 g/mol. The van der Waals surface area contributed by atoms with Crippen LogP contribution in [-0.4, -0.2) is 22.1 Å². The average molecular weight is 359 g/mol. The van der Waals surface area contributed by atoms with E-state index in [9.17, 15) is 4.79 Å². The van der Waals surface area contributed by atoms with Gasteiger partial charge in [-0.1, -0.05) is 97.3 Å². The van der Waals surface area contributed by atoms with E-state index in [0.29, 0.717) is 11.7 Å². The summed E-state index contributed by atoms with van der Waals surface area (Å²) in [6, 6.07) is 0. The lowest BCUT2D eigenvalue weighted by molar-refractivity contribution is -0.136. The summed E-state index contributed by atoms with van der Waals surface area (Å²) in [4.78, 5) is 10.5. The zero-order valence-electron chi connectivity index (χ0n) is 16.4. The van der Waals surface area contributed by atoms with E-state index in [1.54, 1.807) is 0 Å². The van der Waals surface area contributed by atoms with Gasteiger partial charge in [-0.3, -0.25) is 4.79 Å². The highest BCUT2D eigenvalue weighted by Gasteiger charge is 2.07. The van der Waals surface area contributed by atoms with Gasteiger partial charge in [0.1, 0.15) is 0 Å². The Morgan fingerprint density at radius 3 is 1.67 bits per heavy atom. The molecule has 0 heterocycles. The highest BCUT2D eigenvalue weighted by molar-refractivity contribution is 7.99. The molecule has 24 heavy (non-hydrogen) atoms. The number of unbranched alkanes of at least 4 members (excludes halogenated alkanes) is 12. The summed E-state index contributed by atoms with van der Waals surface area (Å²) in [7, 11) is 0. The molecule has 0 aliphatic carbocycles. The molecule has 144 valence electrons. The minimum absolute atomic E-state index is 0.305. The Morgan fingerprint density at radius 2 is 1.25 bits per heavy atom. The number of thioether (sulfide) groups is 1. The maximum atomic E-state index is 10.5. The Labute approximate surface area is 155 Å². The van der Waals surface area contributed by atoms with Gasteiger partial charge < -0.3 is 5.11 Å². The first-order chi connectivity index (χ1) is 11.7. The van der Waals surface area contributed by atoms with Crippen LogP contribution in [0.1, 0.15) is 117 Å². The number of carboxylic acids is 1. The molecule has 0 saturated carbocycles. The molecule has 2 nitrogen and oxygen atoms in total. The van der Waals surface area contributed by atoms with Crippen LogP contribution >= 0.6 is 11.8 Å². The molecule has 1 atom stereocenters. The molecule has 0 rings (SSSR count). The lowest BCUT2D eigenvalue weighted by Gasteiger charge is -2.13. The van der Waals surface area contributed by atoms with Gasteiger partial charge in [0.2, 0.25) is 0 Å². The van der Waals surface area contributed by atoms with Gasteiger partial charge in [-0.25, -0.2) is 0 Å². The fraction of sp³-hybridized carbons (Fsp3) is 0.952. The van der Waals surface area contributed by atoms with E-state index in [1.165, 1.54) is 96.3 Å². The molecule has 3 heteroatoms. The fourth-order valence-electron chi connectivity index (χ4n) is 3.11. The maximum absolute atomic E-state index is 10.5. The molecular weight excluding hydrogens is 316 g/mol. The average Bonchev–Trinajstić information content (AvgIpc) is 2.57. The topological polar surface area (TPSA) is 37.3 Å². The van der Waals surface area contributed by atoms with Crippen LogP contribution in [-0.2, 0) is 4.79 Å². The number of carboxylic acid groups (broad SMARTS) is 1. The highest BCUT2D eigenvalue weighted by atomic mass is 32.2. The molecule has 0 bridgehead atoms. The van der Waals surface area contributed by atoms with Crippen molar-refractivity contribution >= 4 is 17.7 Å². The maximum Gasteiger partial charge on any atom is 0.304 e. The zero-order chi connectivity index (χ0) is 17.9. The van der Waals surface area contributed by atoms with E-state index in [0.717, 1.165) is 5.75 Å². The lowest BCUT2D eigenvalue weighted by Crippen LogP contribution is -2.04. The van der Waals surface area contributed by atoms with Gasteiger partial charge in [0, 0.05) is 11.0 Å². The quantitative estimate of drug-likeness (QED) is 0.243. The van der Waals surface area contributed by atoms with Crippen LogP contribution in [0.5, 0.6) is 0 Å². The summed E-state index contributed by atoms with van der Waals surface area (Å²) in [6.45, 7) is 4.50. The summed E-state index contributed by atoms with van der Waals surface area (Å²) in [5.74, 6) is 0.102. The Kier molecular flexibility index (Phi) is 19.0. The Balaban J connectivity index is 3.24.